The Balaban J connectivity index is -0.00000000123. The maximum Gasteiger partial charge on any atom is 0 e. The summed E-state index contributed by atoms with van der Waals surface area (Å²) >= 11 is 1.80. The normalized spacial score (nSPS) is 2.44. The first-order valence-corrected chi connectivity index (χ1v) is 6.95. The van der Waals surface area contributed by atoms with Crippen LogP contribution in [0.15, 0.2) is 36.4 Å². The fourth-order valence-corrected chi connectivity index (χ4v) is 2.63. The molecule has 0 unspecified atom stereocenters. The van der Waals surface area contributed by atoms with E-state index in [4.69, 9.17) is 0 Å². The molecule has 0 atom stereocenters. The Hall–Kier alpha value is 50.5. The van der Waals surface area contributed by atoms with Crippen LogP contribution in [0.25, 0.3) is 20.2 Å². The van der Waals surface area contributed by atoms with Crippen molar-refractivity contribution in [3.05, 3.63) is 48.5 Å². The van der Waals surface area contributed by atoms with Crippen molar-refractivity contribution < 1.29 is 1540 Å². The molecule has 0 saturated heterocycles. The van der Waals surface area contributed by atoms with Gasteiger partial charge in [-0.1, -0.05) is 37.1 Å². The molecule has 0 bridgehead atoms. The van der Waals surface area contributed by atoms with Gasteiger partial charge in [-0.25, -0.2) is 0 Å². The zero-order valence-corrected chi connectivity index (χ0v) is 172. The Labute approximate surface area is 1580 Å². The minimum Gasteiger partial charge on any atom is -0.273 e. The summed E-state index contributed by atoms with van der Waals surface area (Å²) in [6.07, 6.45) is 0. The molecule has 0 saturated carbocycles. The second kappa shape index (κ2) is 281. The summed E-state index contributed by atoms with van der Waals surface area (Å²) in [6.45, 7) is 8.00. The van der Waals surface area contributed by atoms with Crippen LogP contribution in [0.1, 0.15) is 27.7 Å². The Morgan fingerprint density at radius 1 is 0.219 bits per heavy atom. The van der Waals surface area contributed by atoms with Gasteiger partial charge >= 0.3 is 0 Å². The smallest absolute Gasteiger partial charge is 0 e. The third-order valence-corrected chi connectivity index (χ3v) is 3.28. The zero-order valence-electron chi connectivity index (χ0n) is 38.0. The number of fused-ring (bicyclic) bond motifs is 3. The van der Waals surface area contributed by atoms with E-state index < -0.39 is 0 Å². The fraction of sp³-hybridized carbons (Fsp3) is 0.250. The van der Waals surface area contributed by atoms with Gasteiger partial charge in [0.2, 0.25) is 0 Å². The van der Waals surface area contributed by atoms with Crippen LogP contribution >= 0.6 is 11.3 Å². The standard InChI is InChI=1S/C12H6S.2C2H6.47Y/c1-3-7-11-9(5-1)10-6-2-4-8-12(10)13-11;2*1-2;;;;;;;;;;;;;;;;;;;;;;;;;;;;;;;;;;;;;;;;;;;;;;;/h1-2,5-8H;2*1-2H3;;;;;;;;;;;;;;;;;;;;;;;;;;;;;;;;;;;;;;;;;;;;;;;/q-2;;;;;;;;;;;;;;;;;;;;;;;;;;;;;;;;;;;;;;;;;;;;;;;;;. The van der Waals surface area contributed by atoms with Crippen LogP contribution in [-0.4, -0.2) is 0 Å². The number of benzene rings is 2. The van der Waals surface area contributed by atoms with Gasteiger partial charge in [-0.3, -0.25) is 11.3 Å². The predicted octanol–water partition coefficient (Wildman–Crippen LogP) is 5.59. The number of thiophene rings is 1. The summed E-state index contributed by atoms with van der Waals surface area (Å²) in [7, 11) is 0. The SMILES string of the molecule is CC.CC.[Y].[Y].[Y].[Y].[Y].[Y].[Y].[Y].[Y].[Y].[Y].[Y].[Y].[Y].[Y].[Y].[Y].[Y].[Y].[Y].[Y].[Y].[Y].[Y].[Y].[Y].[Y].[Y].[Y].[Y].[Y].[Y].[Y].[Y].[Y].[Y].[Y].[Y].[Y].[Y].[Y].[Y].[Y].[Y].[Y].[Y].[Y].[c-]1ccc2c(c1)sc1c[c-]ccc12. The van der Waals surface area contributed by atoms with Crippen molar-refractivity contribution in [2.45, 2.75) is 27.7 Å². The molecule has 64 heavy (non-hydrogen) atoms. The number of rotatable bonds is 0. The molecule has 231 valence electrons. The first kappa shape index (κ1) is 324. The van der Waals surface area contributed by atoms with Gasteiger partial charge in [-0.05, 0) is 0 Å². The maximum absolute atomic E-state index is 3.10. The summed E-state index contributed by atoms with van der Waals surface area (Å²) in [4.78, 5) is 0. The van der Waals surface area contributed by atoms with E-state index in [1.807, 2.05) is 52.0 Å². The van der Waals surface area contributed by atoms with Crippen LogP contribution in [-0.2, 0) is 1540 Å². The van der Waals surface area contributed by atoms with E-state index in [9.17, 15) is 0 Å². The predicted molar refractivity (Wildman–Crippen MR) is 79.7 cm³/mol. The number of hydrogen-bond acceptors (Lipinski definition) is 1. The van der Waals surface area contributed by atoms with Crippen molar-refractivity contribution in [2.75, 3.05) is 0 Å². The van der Waals surface area contributed by atoms with Crippen LogP contribution in [0.4, 0.5) is 0 Å². The van der Waals surface area contributed by atoms with Crippen LogP contribution in [0, 0.1) is 12.1 Å². The van der Waals surface area contributed by atoms with Crippen LogP contribution in [0.2, 0.25) is 0 Å². The monoisotopic (exact) mass is 4420 g/mol. The van der Waals surface area contributed by atoms with Gasteiger partial charge in [0.1, 0.15) is 0 Å². The van der Waals surface area contributed by atoms with Crippen LogP contribution in [0.5, 0.6) is 0 Å². The molecule has 1 aromatic heterocycles. The molecule has 0 aliphatic heterocycles. The average Bonchev–Trinajstić information content (AvgIpc) is 2.82. The van der Waals surface area contributed by atoms with Crippen molar-refractivity contribution in [3.8, 4) is 0 Å². The van der Waals surface area contributed by atoms with Gasteiger partial charge in [0.05, 0.1) is 0 Å². The van der Waals surface area contributed by atoms with E-state index >= 15 is 0 Å². The molecule has 0 nitrogen and oxygen atoms in total. The molecule has 0 amide bonds. The molecule has 48 heteroatoms. The van der Waals surface area contributed by atoms with Crippen molar-refractivity contribution in [3.63, 3.8) is 0 Å². The molecule has 3 rings (SSSR count). The van der Waals surface area contributed by atoms with E-state index in [1.165, 1.54) is 20.2 Å². The van der Waals surface area contributed by atoms with Crippen LogP contribution < -0.4 is 0 Å². The second-order valence-corrected chi connectivity index (χ2v) is 4.03. The Bertz CT molecular complexity index is 567. The molecule has 0 spiro atoms. The molecule has 0 fully saturated rings. The van der Waals surface area contributed by atoms with Crippen molar-refractivity contribution >= 4 is 31.5 Å². The Morgan fingerprint density at radius 3 is 0.438 bits per heavy atom. The minimum atomic E-state index is 0. The van der Waals surface area contributed by atoms with Crippen molar-refractivity contribution in [1.29, 1.82) is 0 Å². The third kappa shape index (κ3) is 216. The van der Waals surface area contributed by atoms with E-state index in [0.29, 0.717) is 0 Å². The molecule has 47 radical (unpaired) electrons. The first-order chi connectivity index (χ1) is 8.45. The van der Waals surface area contributed by atoms with Gasteiger partial charge in [0.15, 0.2) is 0 Å². The van der Waals surface area contributed by atoms with Gasteiger partial charge in [0.25, 0.3) is 0 Å². The van der Waals surface area contributed by atoms with Crippen molar-refractivity contribution in [2.24, 2.45) is 0 Å². The molecule has 0 aliphatic carbocycles. The number of hydrogen-bond donors (Lipinski definition) is 0. The summed E-state index contributed by atoms with van der Waals surface area (Å²) in [5, 5.41) is 2.65. The summed E-state index contributed by atoms with van der Waals surface area (Å²) < 4.78 is 2.61. The minimum absolute atomic E-state index is 0. The Kier molecular flexibility index (Phi) is 1420. The van der Waals surface area contributed by atoms with Crippen LogP contribution in [0.3, 0.4) is 0 Å². The maximum atomic E-state index is 3.10. The van der Waals surface area contributed by atoms with Gasteiger partial charge < -0.3 is 0 Å². The topological polar surface area (TPSA) is 0 Å². The average molecular weight is 4420 g/mol. The largest absolute Gasteiger partial charge is 0.273 e. The van der Waals surface area contributed by atoms with Crippen molar-refractivity contribution in [1.82, 2.24) is 0 Å². The molecule has 0 N–H and O–H groups in total. The van der Waals surface area contributed by atoms with Gasteiger partial charge in [-0.15, -0.1) is 10.8 Å². The van der Waals surface area contributed by atoms with Gasteiger partial charge in [-0.2, -0.15) is 48.5 Å². The fourth-order valence-electron chi connectivity index (χ4n) is 1.56. The first-order valence-electron chi connectivity index (χ1n) is 6.13. The summed E-state index contributed by atoms with van der Waals surface area (Å²) in [6, 6.07) is 18.4. The van der Waals surface area contributed by atoms with Gasteiger partial charge in [0, 0.05) is 1540 Å². The summed E-state index contributed by atoms with van der Waals surface area (Å²) in [5.41, 5.74) is 0. The molecular weight excluding hydrogens is 4400 g/mol. The molecule has 2 aromatic carbocycles. The molecule has 1 heterocycles. The summed E-state index contributed by atoms with van der Waals surface area (Å²) in [5.74, 6) is 0. The third-order valence-electron chi connectivity index (χ3n) is 2.16. The zero-order chi connectivity index (χ0) is 12.7. The van der Waals surface area contributed by atoms with E-state index in [2.05, 4.69) is 24.3 Å². The molecule has 3 aromatic rings. The molecular formula is C16H18SY47-2. The van der Waals surface area contributed by atoms with E-state index in [0.717, 1.165) is 0 Å². The molecule has 0 aliphatic rings. The van der Waals surface area contributed by atoms with E-state index in [1.54, 1.807) is 11.3 Å². The van der Waals surface area contributed by atoms with E-state index in [-0.39, 0.29) is 1540 Å². The second-order valence-electron chi connectivity index (χ2n) is 2.95. The quantitative estimate of drug-likeness (QED) is 0.258. The Morgan fingerprint density at radius 2 is 0.328 bits per heavy atom.